The molecule has 0 aromatic rings. The van der Waals surface area contributed by atoms with Gasteiger partial charge in [-0.05, 0) is 6.42 Å². The van der Waals surface area contributed by atoms with Crippen molar-refractivity contribution in [1.29, 1.82) is 0 Å². The molecule has 0 radical (unpaired) electrons. The van der Waals surface area contributed by atoms with Gasteiger partial charge < -0.3 is 21.3 Å². The molecule has 11 nitrogen and oxygen atoms in total. The average molecular weight is 419 g/mol. The van der Waals surface area contributed by atoms with E-state index in [9.17, 15) is 28.8 Å². The fraction of sp³-hybridized carbons (Fsp3) is 0.625. The SMILES string of the molecule is CCC(=O)SCC(NC(=O)CCC(N)C(=O)O)C(=O)N(CC(=O)O)C(=O)CC. The minimum absolute atomic E-state index is 0.131. The summed E-state index contributed by atoms with van der Waals surface area (Å²) in [6.45, 7) is 2.17. The fourth-order valence-corrected chi connectivity index (χ4v) is 2.72. The Hall–Kier alpha value is -2.47. The third-order valence-electron chi connectivity index (χ3n) is 3.50. The van der Waals surface area contributed by atoms with Crippen molar-refractivity contribution >= 4 is 46.5 Å². The Balaban J connectivity index is 5.29. The summed E-state index contributed by atoms with van der Waals surface area (Å²) in [6.07, 6.45) is -0.436. The summed E-state index contributed by atoms with van der Waals surface area (Å²) in [6, 6.07) is -2.59. The zero-order chi connectivity index (χ0) is 21.9. The standard InChI is InChI=1S/C16H25N3O8S/c1-3-12(21)19(7-13(22)23)15(25)10(8-28-14(24)4-2)18-11(20)6-5-9(17)16(26)27/h9-10H,3-8,17H2,1-2H3,(H,18,20)(H,22,23)(H,26,27). The molecule has 28 heavy (non-hydrogen) atoms. The van der Waals surface area contributed by atoms with Crippen molar-refractivity contribution in [1.82, 2.24) is 10.2 Å². The molecule has 0 heterocycles. The van der Waals surface area contributed by atoms with Crippen LogP contribution in [0, 0.1) is 0 Å². The molecule has 0 aliphatic heterocycles. The molecule has 5 N–H and O–H groups in total. The highest BCUT2D eigenvalue weighted by Gasteiger charge is 2.31. The Bertz CT molecular complexity index is 625. The first-order valence-electron chi connectivity index (χ1n) is 8.52. The summed E-state index contributed by atoms with van der Waals surface area (Å²) in [5, 5.41) is 19.7. The van der Waals surface area contributed by atoms with Gasteiger partial charge >= 0.3 is 11.9 Å². The van der Waals surface area contributed by atoms with Gasteiger partial charge in [-0.2, -0.15) is 0 Å². The molecule has 158 valence electrons. The molecule has 0 aliphatic rings. The van der Waals surface area contributed by atoms with Gasteiger partial charge in [0.05, 0.1) is 0 Å². The topological polar surface area (TPSA) is 184 Å². The molecule has 0 bridgehead atoms. The summed E-state index contributed by atoms with van der Waals surface area (Å²) >= 11 is 0.761. The summed E-state index contributed by atoms with van der Waals surface area (Å²) in [4.78, 5) is 70.4. The van der Waals surface area contributed by atoms with E-state index < -0.39 is 48.3 Å². The Morgan fingerprint density at radius 2 is 1.68 bits per heavy atom. The molecule has 0 saturated carbocycles. The number of carboxylic acid groups (broad SMARTS) is 2. The van der Waals surface area contributed by atoms with Crippen LogP contribution in [0.3, 0.4) is 0 Å². The number of hydrogen-bond donors (Lipinski definition) is 4. The van der Waals surface area contributed by atoms with Crippen molar-refractivity contribution in [2.24, 2.45) is 5.73 Å². The number of carboxylic acids is 2. The highest BCUT2D eigenvalue weighted by molar-refractivity contribution is 8.13. The largest absolute Gasteiger partial charge is 0.480 e. The molecule has 0 aliphatic carbocycles. The van der Waals surface area contributed by atoms with E-state index in [0.29, 0.717) is 4.90 Å². The van der Waals surface area contributed by atoms with Crippen molar-refractivity contribution in [3.8, 4) is 0 Å². The van der Waals surface area contributed by atoms with Crippen LogP contribution in [0.2, 0.25) is 0 Å². The average Bonchev–Trinajstić information content (AvgIpc) is 2.65. The summed E-state index contributed by atoms with van der Waals surface area (Å²) in [7, 11) is 0. The summed E-state index contributed by atoms with van der Waals surface area (Å²) in [5.74, 6) is -5.31. The third-order valence-corrected chi connectivity index (χ3v) is 4.61. The lowest BCUT2D eigenvalue weighted by molar-refractivity contribution is -0.153. The first-order valence-corrected chi connectivity index (χ1v) is 9.51. The van der Waals surface area contributed by atoms with E-state index in [-0.39, 0.29) is 36.6 Å². The number of carbonyl (C=O) groups excluding carboxylic acids is 4. The molecule has 0 aromatic carbocycles. The molecule has 0 saturated heterocycles. The van der Waals surface area contributed by atoms with E-state index >= 15 is 0 Å². The van der Waals surface area contributed by atoms with Crippen molar-refractivity contribution in [3.63, 3.8) is 0 Å². The number of nitrogens with two attached hydrogens (primary N) is 1. The number of amides is 3. The minimum atomic E-state index is -1.41. The highest BCUT2D eigenvalue weighted by atomic mass is 32.2. The normalized spacial score (nSPS) is 12.5. The van der Waals surface area contributed by atoms with Gasteiger partial charge in [-0.25, -0.2) is 0 Å². The van der Waals surface area contributed by atoms with Crippen LogP contribution in [0.1, 0.15) is 39.5 Å². The van der Waals surface area contributed by atoms with Crippen molar-refractivity contribution in [2.75, 3.05) is 12.3 Å². The Morgan fingerprint density at radius 3 is 2.14 bits per heavy atom. The van der Waals surface area contributed by atoms with Gasteiger partial charge in [0.1, 0.15) is 18.6 Å². The predicted octanol–water partition coefficient (Wildman–Crippen LogP) is -0.817. The van der Waals surface area contributed by atoms with Crippen LogP contribution in [0.5, 0.6) is 0 Å². The molecular formula is C16H25N3O8S. The number of nitrogens with one attached hydrogen (secondary N) is 1. The number of hydrogen-bond acceptors (Lipinski definition) is 8. The smallest absolute Gasteiger partial charge is 0.323 e. The summed E-state index contributed by atoms with van der Waals surface area (Å²) in [5.41, 5.74) is 5.32. The van der Waals surface area contributed by atoms with Gasteiger partial charge in [-0.3, -0.25) is 33.7 Å². The van der Waals surface area contributed by atoms with Crippen LogP contribution in [0.25, 0.3) is 0 Å². The number of aliphatic carboxylic acids is 2. The second-order valence-corrected chi connectivity index (χ2v) is 6.78. The first kappa shape index (κ1) is 25.5. The summed E-state index contributed by atoms with van der Waals surface area (Å²) < 4.78 is 0. The number of rotatable bonds is 12. The van der Waals surface area contributed by atoms with Crippen molar-refractivity contribution < 1.29 is 39.0 Å². The van der Waals surface area contributed by atoms with E-state index in [1.807, 2.05) is 0 Å². The molecule has 2 atom stereocenters. The predicted molar refractivity (Wildman–Crippen MR) is 99.2 cm³/mol. The fourth-order valence-electron chi connectivity index (χ4n) is 1.93. The van der Waals surface area contributed by atoms with Gasteiger partial charge in [-0.15, -0.1) is 0 Å². The van der Waals surface area contributed by atoms with Gasteiger partial charge in [0.2, 0.25) is 11.8 Å². The maximum Gasteiger partial charge on any atom is 0.323 e. The van der Waals surface area contributed by atoms with Gasteiger partial charge in [0.15, 0.2) is 5.12 Å². The van der Waals surface area contributed by atoms with Crippen molar-refractivity contribution in [3.05, 3.63) is 0 Å². The van der Waals surface area contributed by atoms with E-state index in [1.54, 1.807) is 6.92 Å². The molecule has 3 amide bonds. The van der Waals surface area contributed by atoms with Crippen molar-refractivity contribution in [2.45, 2.75) is 51.6 Å². The molecule has 0 rings (SSSR count). The second kappa shape index (κ2) is 12.8. The molecule has 0 spiro atoms. The lowest BCUT2D eigenvalue weighted by Gasteiger charge is -2.25. The van der Waals surface area contributed by atoms with Crippen LogP contribution in [0.15, 0.2) is 0 Å². The zero-order valence-corrected chi connectivity index (χ0v) is 16.5. The zero-order valence-electron chi connectivity index (χ0n) is 15.7. The van der Waals surface area contributed by atoms with Crippen LogP contribution in [-0.2, 0) is 28.8 Å². The maximum absolute atomic E-state index is 12.6. The maximum atomic E-state index is 12.6. The molecule has 0 fully saturated rings. The van der Waals surface area contributed by atoms with E-state index in [4.69, 9.17) is 15.9 Å². The van der Waals surface area contributed by atoms with E-state index in [2.05, 4.69) is 5.32 Å². The number of thioether (sulfide) groups is 1. The lowest BCUT2D eigenvalue weighted by Crippen LogP contribution is -2.53. The Labute approximate surface area is 166 Å². The van der Waals surface area contributed by atoms with E-state index in [1.165, 1.54) is 6.92 Å². The second-order valence-electron chi connectivity index (χ2n) is 5.71. The Morgan fingerprint density at radius 1 is 1.07 bits per heavy atom. The van der Waals surface area contributed by atoms with Crippen LogP contribution in [0.4, 0.5) is 0 Å². The Kier molecular flexibility index (Phi) is 11.7. The van der Waals surface area contributed by atoms with Gasteiger partial charge in [0.25, 0.3) is 5.91 Å². The van der Waals surface area contributed by atoms with Gasteiger partial charge in [-0.1, -0.05) is 25.6 Å². The number of carbonyl (C=O) groups is 6. The molecule has 12 heteroatoms. The number of nitrogens with zero attached hydrogens (tertiary/aromatic N) is 1. The van der Waals surface area contributed by atoms with Crippen LogP contribution >= 0.6 is 11.8 Å². The monoisotopic (exact) mass is 419 g/mol. The quantitative estimate of drug-likeness (QED) is 0.311. The third kappa shape index (κ3) is 9.46. The first-order chi connectivity index (χ1) is 13.0. The van der Waals surface area contributed by atoms with Crippen LogP contribution < -0.4 is 11.1 Å². The molecule has 0 aromatic heterocycles. The van der Waals surface area contributed by atoms with Gasteiger partial charge in [0, 0.05) is 25.0 Å². The van der Waals surface area contributed by atoms with E-state index in [0.717, 1.165) is 11.8 Å². The molecular weight excluding hydrogens is 394 g/mol. The molecule has 2 unspecified atom stereocenters. The highest BCUT2D eigenvalue weighted by Crippen LogP contribution is 2.11. The number of imide groups is 1. The van der Waals surface area contributed by atoms with Crippen LogP contribution in [-0.4, -0.2) is 74.3 Å². The lowest BCUT2D eigenvalue weighted by atomic mass is 10.1. The minimum Gasteiger partial charge on any atom is -0.480 e.